The molecule has 1 atom stereocenters. The second-order valence-electron chi connectivity index (χ2n) is 7.76. The maximum atomic E-state index is 13.5. The third-order valence-corrected chi connectivity index (χ3v) is 6.39. The van der Waals surface area contributed by atoms with Gasteiger partial charge in [0, 0.05) is 30.7 Å². The SMILES string of the molecule is O=C1c2oc3ccc(Br)cc3c(=O)c2C(c2ccc(O)cc2)N1CCN1CCOCC1. The maximum Gasteiger partial charge on any atom is 0.290 e. The number of fused-ring (bicyclic) bond motifs is 2. The quantitative estimate of drug-likeness (QED) is 0.612. The first kappa shape index (κ1) is 20.2. The highest BCUT2D eigenvalue weighted by Gasteiger charge is 2.42. The molecule has 1 unspecified atom stereocenters. The summed E-state index contributed by atoms with van der Waals surface area (Å²) >= 11 is 3.41. The topological polar surface area (TPSA) is 83.2 Å². The number of phenolic OH excluding ortho intramolecular Hbond substituents is 1. The number of nitrogens with zero attached hydrogens (tertiary/aromatic N) is 2. The van der Waals surface area contributed by atoms with Crippen molar-refractivity contribution >= 4 is 32.8 Å². The van der Waals surface area contributed by atoms with E-state index in [0.29, 0.717) is 42.8 Å². The molecule has 2 aromatic carbocycles. The second kappa shape index (κ2) is 8.11. The highest BCUT2D eigenvalue weighted by atomic mass is 79.9. The highest BCUT2D eigenvalue weighted by Crippen LogP contribution is 2.38. The third-order valence-electron chi connectivity index (χ3n) is 5.90. The summed E-state index contributed by atoms with van der Waals surface area (Å²) < 4.78 is 12.1. The number of amides is 1. The first-order valence-electron chi connectivity index (χ1n) is 10.2. The van der Waals surface area contributed by atoms with Crippen LogP contribution in [0.25, 0.3) is 11.0 Å². The van der Waals surface area contributed by atoms with Gasteiger partial charge in [0.15, 0.2) is 5.43 Å². The number of halogens is 1. The Balaban J connectivity index is 1.60. The summed E-state index contributed by atoms with van der Waals surface area (Å²) in [5.74, 6) is -0.0641. The molecule has 1 amide bonds. The van der Waals surface area contributed by atoms with E-state index in [1.807, 2.05) is 0 Å². The minimum absolute atomic E-state index is 0.0971. The lowest BCUT2D eigenvalue weighted by molar-refractivity contribution is 0.0314. The fraction of sp³-hybridized carbons (Fsp3) is 0.304. The Hall–Kier alpha value is -2.68. The van der Waals surface area contributed by atoms with Crippen LogP contribution in [0.2, 0.25) is 0 Å². The van der Waals surface area contributed by atoms with Crippen molar-refractivity contribution in [2.24, 2.45) is 0 Å². The second-order valence-corrected chi connectivity index (χ2v) is 8.68. The van der Waals surface area contributed by atoms with Crippen molar-refractivity contribution in [2.45, 2.75) is 6.04 Å². The number of benzene rings is 2. The summed E-state index contributed by atoms with van der Waals surface area (Å²) in [5, 5.41) is 10.2. The Kier molecular flexibility index (Phi) is 5.29. The van der Waals surface area contributed by atoms with E-state index in [4.69, 9.17) is 9.15 Å². The molecule has 2 aliphatic heterocycles. The Morgan fingerprint density at radius 2 is 1.77 bits per heavy atom. The van der Waals surface area contributed by atoms with Gasteiger partial charge in [-0.1, -0.05) is 28.1 Å². The van der Waals surface area contributed by atoms with Crippen LogP contribution in [0.4, 0.5) is 0 Å². The molecule has 1 aromatic heterocycles. The van der Waals surface area contributed by atoms with Crippen molar-refractivity contribution in [1.29, 1.82) is 0 Å². The van der Waals surface area contributed by atoms with E-state index < -0.39 is 6.04 Å². The van der Waals surface area contributed by atoms with E-state index in [1.54, 1.807) is 47.4 Å². The smallest absolute Gasteiger partial charge is 0.290 e. The molecule has 1 saturated heterocycles. The zero-order chi connectivity index (χ0) is 21.5. The molecule has 1 N–H and O–H groups in total. The number of hydrogen-bond acceptors (Lipinski definition) is 6. The Morgan fingerprint density at radius 3 is 2.52 bits per heavy atom. The van der Waals surface area contributed by atoms with Crippen LogP contribution in [0.5, 0.6) is 5.75 Å². The number of hydrogen-bond donors (Lipinski definition) is 1. The average Bonchev–Trinajstić information content (AvgIpc) is 3.06. The Labute approximate surface area is 187 Å². The lowest BCUT2D eigenvalue weighted by atomic mass is 9.98. The van der Waals surface area contributed by atoms with Gasteiger partial charge in [0.1, 0.15) is 11.3 Å². The zero-order valence-corrected chi connectivity index (χ0v) is 18.3. The van der Waals surface area contributed by atoms with Crippen molar-refractivity contribution < 1.29 is 19.1 Å². The molecule has 3 aromatic rings. The highest BCUT2D eigenvalue weighted by molar-refractivity contribution is 9.10. The molecule has 160 valence electrons. The molecule has 31 heavy (non-hydrogen) atoms. The van der Waals surface area contributed by atoms with Crippen LogP contribution in [0.3, 0.4) is 0 Å². The molecule has 3 heterocycles. The van der Waals surface area contributed by atoms with E-state index in [1.165, 1.54) is 0 Å². The monoisotopic (exact) mass is 484 g/mol. The summed E-state index contributed by atoms with van der Waals surface area (Å²) in [7, 11) is 0. The van der Waals surface area contributed by atoms with Gasteiger partial charge in [-0.3, -0.25) is 14.5 Å². The molecule has 2 aliphatic rings. The van der Waals surface area contributed by atoms with Gasteiger partial charge in [-0.05, 0) is 35.9 Å². The standard InChI is InChI=1S/C23H21BrN2O5/c24-15-3-6-18-17(13-15)21(28)19-20(14-1-4-16(27)5-2-14)26(23(29)22(19)31-18)8-7-25-9-11-30-12-10-25/h1-6,13,20,27H,7-12H2. The summed E-state index contributed by atoms with van der Waals surface area (Å²) in [6, 6.07) is 11.3. The van der Waals surface area contributed by atoms with Crippen LogP contribution in [0.15, 0.2) is 56.1 Å². The average molecular weight is 485 g/mol. The molecule has 0 radical (unpaired) electrons. The predicted molar refractivity (Wildman–Crippen MR) is 118 cm³/mol. The number of rotatable bonds is 4. The van der Waals surface area contributed by atoms with E-state index in [9.17, 15) is 14.7 Å². The van der Waals surface area contributed by atoms with Gasteiger partial charge in [0.2, 0.25) is 5.76 Å². The Morgan fingerprint density at radius 1 is 1.03 bits per heavy atom. The van der Waals surface area contributed by atoms with Gasteiger partial charge < -0.3 is 19.2 Å². The lowest BCUT2D eigenvalue weighted by Crippen LogP contribution is -2.42. The van der Waals surface area contributed by atoms with E-state index >= 15 is 0 Å². The van der Waals surface area contributed by atoms with E-state index in [2.05, 4.69) is 20.8 Å². The van der Waals surface area contributed by atoms with Gasteiger partial charge in [0.05, 0.1) is 30.2 Å². The molecule has 8 heteroatoms. The molecule has 0 aliphatic carbocycles. The van der Waals surface area contributed by atoms with Crippen LogP contribution >= 0.6 is 15.9 Å². The minimum Gasteiger partial charge on any atom is -0.508 e. The summed E-state index contributed by atoms with van der Waals surface area (Å²) in [4.78, 5) is 30.8. The van der Waals surface area contributed by atoms with Crippen LogP contribution in [-0.2, 0) is 4.74 Å². The Bertz CT molecular complexity index is 1200. The van der Waals surface area contributed by atoms with Crippen molar-refractivity contribution in [3.8, 4) is 5.75 Å². The van der Waals surface area contributed by atoms with Gasteiger partial charge >= 0.3 is 0 Å². The summed E-state index contributed by atoms with van der Waals surface area (Å²) in [6.45, 7) is 4.11. The van der Waals surface area contributed by atoms with Crippen molar-refractivity contribution in [2.75, 3.05) is 39.4 Å². The van der Waals surface area contributed by atoms with Gasteiger partial charge in [-0.15, -0.1) is 0 Å². The van der Waals surface area contributed by atoms with Gasteiger partial charge in [-0.25, -0.2) is 0 Å². The van der Waals surface area contributed by atoms with Gasteiger partial charge in [-0.2, -0.15) is 0 Å². The van der Waals surface area contributed by atoms with Crippen LogP contribution in [0.1, 0.15) is 27.7 Å². The van der Waals surface area contributed by atoms with Crippen molar-refractivity contribution in [3.05, 3.63) is 74.0 Å². The number of aromatic hydroxyl groups is 1. The lowest BCUT2D eigenvalue weighted by Gasteiger charge is -2.31. The molecule has 5 rings (SSSR count). The number of carbonyl (C=O) groups is 1. The number of phenols is 1. The van der Waals surface area contributed by atoms with Crippen LogP contribution in [-0.4, -0.2) is 60.2 Å². The predicted octanol–water partition coefficient (Wildman–Crippen LogP) is 3.14. The first-order valence-corrected chi connectivity index (χ1v) is 11.0. The fourth-order valence-electron chi connectivity index (χ4n) is 4.30. The third kappa shape index (κ3) is 3.64. The molecule has 1 fully saturated rings. The molecule has 0 bridgehead atoms. The molecule has 7 nitrogen and oxygen atoms in total. The van der Waals surface area contributed by atoms with E-state index in [-0.39, 0.29) is 22.8 Å². The molecule has 0 spiro atoms. The van der Waals surface area contributed by atoms with Crippen molar-refractivity contribution in [3.63, 3.8) is 0 Å². The molecular weight excluding hydrogens is 464 g/mol. The van der Waals surface area contributed by atoms with Crippen LogP contribution in [0, 0.1) is 0 Å². The van der Waals surface area contributed by atoms with E-state index in [0.717, 1.165) is 23.1 Å². The van der Waals surface area contributed by atoms with Crippen molar-refractivity contribution in [1.82, 2.24) is 9.80 Å². The minimum atomic E-state index is -0.566. The summed E-state index contributed by atoms with van der Waals surface area (Å²) in [6.07, 6.45) is 0. The first-order chi connectivity index (χ1) is 15.0. The largest absolute Gasteiger partial charge is 0.508 e. The fourth-order valence-corrected chi connectivity index (χ4v) is 4.66. The molecular formula is C23H21BrN2O5. The molecule has 0 saturated carbocycles. The summed E-state index contributed by atoms with van der Waals surface area (Å²) in [5.41, 5.74) is 1.29. The number of ether oxygens (including phenoxy) is 1. The normalized spacial score (nSPS) is 19.2. The zero-order valence-electron chi connectivity index (χ0n) is 16.7. The number of morpholine rings is 1. The van der Waals surface area contributed by atoms with Crippen LogP contribution < -0.4 is 5.43 Å². The maximum absolute atomic E-state index is 13.5. The number of carbonyl (C=O) groups excluding carboxylic acids is 1. The van der Waals surface area contributed by atoms with Gasteiger partial charge in [0.25, 0.3) is 5.91 Å².